The number of carbonyl (C=O) groups is 7. The molecule has 36 heteroatoms. The van der Waals surface area contributed by atoms with E-state index in [1.54, 1.807) is 17.5 Å². The molecular weight excluding hydrogens is 1370 g/mol. The first-order valence-corrected chi connectivity index (χ1v) is 34.9. The normalized spacial score (nSPS) is 24.9. The SMILES string of the molecule is CO/C(C)=C1/NC(=O)C(C(C)O)NC(=O)c2csc(n2)-c2cc(O)c(-c3nc(C(=O)NCCN(C)C)cs3)nc2-c2csc(n2)C2COC(=O)c3c4c5c(cccc5n3O)COC(=O)C(OC3CC5(C)OCN(C)C5C(C)O3)C(OC4)C(NC(=O)c3csc1n3)c1nc(cs1)C(=O)N2. The molecule has 8 aromatic rings. The average Bonchev–Trinajstić information content (AvgIpc) is 1.58. The molecule has 2 saturated heterocycles. The molecule has 12 heterocycles. The first-order valence-electron chi connectivity index (χ1n) is 30.5. The number of nitrogens with one attached hydrogen (secondary N) is 5. The number of aromatic nitrogens is 7. The number of benzene rings is 1. The number of carbonyl (C=O) groups excluding carboxylic acids is 7. The molecule has 7 aromatic heterocycles. The number of ether oxygens (including phenoxy) is 7. The van der Waals surface area contributed by atoms with Gasteiger partial charge in [0.2, 0.25) is 5.91 Å². The topological polar surface area (TPSA) is 394 Å². The van der Waals surface area contributed by atoms with Crippen molar-refractivity contribution in [3.63, 3.8) is 0 Å². The van der Waals surface area contributed by atoms with Gasteiger partial charge in [0.25, 0.3) is 23.6 Å². The van der Waals surface area contributed by atoms with Crippen molar-refractivity contribution in [3.8, 4) is 38.4 Å². The van der Waals surface area contributed by atoms with Gasteiger partial charge in [-0.15, -0.1) is 56.7 Å². The number of methoxy groups -OCH3 is 1. The van der Waals surface area contributed by atoms with Crippen molar-refractivity contribution < 1.29 is 82.1 Å². The number of hydrogen-bond donors (Lipinski definition) is 8. The standard InChI is InChI=1S/C62H64N14O17S5/c1-25(77)41-54(83)72-42(26(2)87-8)57-68-36(23-96-57)53(82)73-45-47-48(93-39-15-62(4)49(27(3)92-39)75(7)24-91-62)61(85)89-16-28-10-9-11-37-40(28)30(17-88-47)46(76(37)86)60(84)90-18-31(64-51(80)34-22-98-59(45)69-34)56-65-32(19-95-56)43-29(55-66-35(21-94-55)52(81)71-41)14-38(78)44(70-43)58-67-33(20-97-58)50(79)63-12-13-74(5)6/h9-11,14,19-23,25,27,31,39,41,45,47-49,77-78,86H,12-13,15-18,24H2,1-8H3,(H,63,79)(H,64,80)(H,71,81)(H,72,83)(H,73,82)/b42-26+. The van der Waals surface area contributed by atoms with E-state index in [2.05, 4.69) is 41.5 Å². The smallest absolute Gasteiger partial charge is 0.358 e. The van der Waals surface area contributed by atoms with E-state index in [1.165, 1.54) is 54.6 Å². The van der Waals surface area contributed by atoms with Crippen molar-refractivity contribution in [3.05, 3.63) is 112 Å². The summed E-state index contributed by atoms with van der Waals surface area (Å²) in [4.78, 5) is 135. The number of aliphatic hydroxyl groups is 1. The number of rotatable bonds is 9. The first kappa shape index (κ1) is 67.8. The van der Waals surface area contributed by atoms with Gasteiger partial charge in [0.05, 0.1) is 49.8 Å². The van der Waals surface area contributed by atoms with Crippen LogP contribution in [0.2, 0.25) is 0 Å². The number of fused-ring (bicyclic) bond motifs is 16. The summed E-state index contributed by atoms with van der Waals surface area (Å²) in [7, 11) is 6.95. The number of likely N-dealkylation sites (N-methyl/N-ethyl adjacent to an activating group) is 2. The van der Waals surface area contributed by atoms with Gasteiger partial charge in [0.15, 0.2) is 18.1 Å². The van der Waals surface area contributed by atoms with E-state index in [0.29, 0.717) is 23.4 Å². The van der Waals surface area contributed by atoms with Crippen molar-refractivity contribution in [2.24, 2.45) is 0 Å². The number of nitrogens with zero attached hydrogens (tertiary/aromatic N) is 9. The van der Waals surface area contributed by atoms with E-state index in [4.69, 9.17) is 48.1 Å². The predicted octanol–water partition coefficient (Wildman–Crippen LogP) is 4.82. The Bertz CT molecular complexity index is 4520. The number of hydrogen-bond acceptors (Lipinski definition) is 30. The molecule has 10 unspecified atom stereocenters. The molecule has 514 valence electrons. The van der Waals surface area contributed by atoms with Gasteiger partial charge in [-0.3, -0.25) is 28.9 Å². The lowest BCUT2D eigenvalue weighted by molar-refractivity contribution is -0.268. The summed E-state index contributed by atoms with van der Waals surface area (Å²) in [5, 5.41) is 57.0. The summed E-state index contributed by atoms with van der Waals surface area (Å²) >= 11 is 4.79. The summed E-state index contributed by atoms with van der Waals surface area (Å²) in [6.45, 7) is 6.05. The van der Waals surface area contributed by atoms with Crippen molar-refractivity contribution in [2.75, 3.05) is 54.7 Å². The molecule has 0 aliphatic carbocycles. The molecule has 0 saturated carbocycles. The minimum absolute atomic E-state index is 0.0152. The molecule has 98 heavy (non-hydrogen) atoms. The van der Waals surface area contributed by atoms with Crippen LogP contribution >= 0.6 is 56.7 Å². The lowest BCUT2D eigenvalue weighted by Crippen LogP contribution is -2.58. The molecule has 5 aliphatic heterocycles. The van der Waals surface area contributed by atoms with Gasteiger partial charge in [-0.25, -0.2) is 39.5 Å². The minimum atomic E-state index is -1.83. The molecule has 8 N–H and O–H groups in total. The molecule has 5 aliphatic rings. The molecule has 0 spiro atoms. The van der Waals surface area contributed by atoms with E-state index in [1.807, 2.05) is 44.8 Å². The van der Waals surface area contributed by atoms with Gasteiger partial charge in [0.1, 0.15) is 120 Å². The van der Waals surface area contributed by atoms with Crippen LogP contribution in [-0.4, -0.2) is 204 Å². The van der Waals surface area contributed by atoms with Gasteiger partial charge in [-0.1, -0.05) is 12.1 Å². The third kappa shape index (κ3) is 13.1. The van der Waals surface area contributed by atoms with E-state index in [0.717, 1.165) is 56.7 Å². The number of pyridine rings is 1. The summed E-state index contributed by atoms with van der Waals surface area (Å²) in [6, 6.07) is 1.32. The molecule has 2 fully saturated rings. The van der Waals surface area contributed by atoms with Crippen molar-refractivity contribution in [1.29, 1.82) is 0 Å². The lowest BCUT2D eigenvalue weighted by atomic mass is 9.86. The quantitative estimate of drug-likeness (QED) is 0.0545. The van der Waals surface area contributed by atoms with Crippen LogP contribution < -0.4 is 26.6 Å². The average molecular weight is 1440 g/mol. The fraction of sp³-hybridized carbons (Fsp3) is 0.403. The number of aromatic hydroxyl groups is 1. The second-order valence-corrected chi connectivity index (χ2v) is 28.5. The Morgan fingerprint density at radius 1 is 0.857 bits per heavy atom. The minimum Gasteiger partial charge on any atom is -0.506 e. The van der Waals surface area contributed by atoms with Gasteiger partial charge >= 0.3 is 11.9 Å². The van der Waals surface area contributed by atoms with Gasteiger partial charge in [-0.05, 0) is 66.5 Å². The van der Waals surface area contributed by atoms with Crippen LogP contribution in [-0.2, 0) is 56.0 Å². The van der Waals surface area contributed by atoms with Crippen LogP contribution in [0.25, 0.3) is 49.3 Å². The molecule has 10 atom stereocenters. The Hall–Kier alpha value is -8.79. The third-order valence-corrected chi connectivity index (χ3v) is 21.6. The Kier molecular flexibility index (Phi) is 19.0. The number of amides is 5. The van der Waals surface area contributed by atoms with Crippen LogP contribution in [0.4, 0.5) is 0 Å². The molecule has 12 bridgehead atoms. The largest absolute Gasteiger partial charge is 0.506 e. The maximum Gasteiger partial charge on any atom is 0.358 e. The third-order valence-electron chi connectivity index (χ3n) is 17.1. The van der Waals surface area contributed by atoms with E-state index in [-0.39, 0.29) is 118 Å². The highest BCUT2D eigenvalue weighted by atomic mass is 32.1. The van der Waals surface area contributed by atoms with Gasteiger partial charge in [0, 0.05) is 62.9 Å². The Labute approximate surface area is 577 Å². The van der Waals surface area contributed by atoms with Crippen LogP contribution in [0.15, 0.2) is 56.9 Å². The van der Waals surface area contributed by atoms with Crippen molar-refractivity contribution in [2.45, 2.75) is 108 Å². The molecule has 0 radical (unpaired) electrons. The predicted molar refractivity (Wildman–Crippen MR) is 353 cm³/mol. The number of aliphatic hydroxyl groups excluding tert-OH is 1. The van der Waals surface area contributed by atoms with Gasteiger partial charge in [-0.2, -0.15) is 4.73 Å². The van der Waals surface area contributed by atoms with Crippen molar-refractivity contribution in [1.82, 2.24) is 71.0 Å². The summed E-state index contributed by atoms with van der Waals surface area (Å²) in [5.74, 6) is -6.47. The van der Waals surface area contributed by atoms with Crippen LogP contribution in [0.3, 0.4) is 0 Å². The number of allylic oxidation sites excluding steroid dienone is 1. The fourth-order valence-corrected chi connectivity index (χ4v) is 16.4. The highest BCUT2D eigenvalue weighted by molar-refractivity contribution is 7.14. The second kappa shape index (κ2) is 27.5. The van der Waals surface area contributed by atoms with E-state index >= 15 is 19.2 Å². The molecule has 5 amide bonds. The maximum atomic E-state index is 15.2. The van der Waals surface area contributed by atoms with Crippen LogP contribution in [0.5, 0.6) is 5.75 Å². The van der Waals surface area contributed by atoms with Gasteiger partial charge < -0.3 is 80.1 Å². The Balaban J connectivity index is 0.978. The zero-order valence-electron chi connectivity index (χ0n) is 53.5. The number of cyclic esters (lactones) is 2. The van der Waals surface area contributed by atoms with Crippen molar-refractivity contribution >= 4 is 115 Å². The highest BCUT2D eigenvalue weighted by Crippen LogP contribution is 2.44. The van der Waals surface area contributed by atoms with Crippen LogP contribution in [0, 0.1) is 0 Å². The zero-order chi connectivity index (χ0) is 69.2. The summed E-state index contributed by atoms with van der Waals surface area (Å²) in [5.41, 5.74) is -1.26. The molecule has 1 aromatic carbocycles. The lowest BCUT2D eigenvalue weighted by Gasteiger charge is -2.45. The molecule has 31 nitrogen and oxygen atoms in total. The first-order chi connectivity index (χ1) is 46.9. The zero-order valence-corrected chi connectivity index (χ0v) is 57.5. The highest BCUT2D eigenvalue weighted by Gasteiger charge is 2.54. The van der Waals surface area contributed by atoms with E-state index < -0.39 is 127 Å². The Morgan fingerprint density at radius 3 is 2.32 bits per heavy atom. The molecule has 13 rings (SSSR count). The maximum absolute atomic E-state index is 15.2. The fourth-order valence-electron chi connectivity index (χ4n) is 12.3. The second-order valence-electron chi connectivity index (χ2n) is 24.1. The van der Waals surface area contributed by atoms with E-state index in [9.17, 15) is 29.8 Å². The Morgan fingerprint density at radius 2 is 1.55 bits per heavy atom. The summed E-state index contributed by atoms with van der Waals surface area (Å²) in [6.07, 6.45) is -6.67. The molecular formula is C62H64N14O17S5. The monoisotopic (exact) mass is 1440 g/mol. The summed E-state index contributed by atoms with van der Waals surface area (Å²) < 4.78 is 45.0. The van der Waals surface area contributed by atoms with Crippen LogP contribution in [0.1, 0.15) is 125 Å². The number of esters is 2. The number of thiazole rings is 5.